The Morgan fingerprint density at radius 1 is 0.833 bits per heavy atom. The van der Waals surface area contributed by atoms with Crippen LogP contribution >= 0.6 is 0 Å². The third kappa shape index (κ3) is 1.43. The highest BCUT2D eigenvalue weighted by atomic mass is 19.4. The normalized spacial score (nSPS) is 38.5. The zero-order valence-corrected chi connectivity index (χ0v) is 7.64. The first kappa shape index (κ1) is 15.2. The Labute approximate surface area is 90.5 Å². The van der Waals surface area contributed by atoms with Gasteiger partial charge in [-0.25, -0.2) is 8.78 Å². The molecule has 0 aromatic carbocycles. The van der Waals surface area contributed by atoms with Gasteiger partial charge in [0.2, 0.25) is 0 Å². The van der Waals surface area contributed by atoms with Gasteiger partial charge in [0.1, 0.15) is 0 Å². The van der Waals surface area contributed by atoms with Gasteiger partial charge in [-0.05, 0) is 0 Å². The van der Waals surface area contributed by atoms with Gasteiger partial charge in [-0.1, -0.05) is 0 Å². The zero-order chi connectivity index (χ0) is 14.8. The summed E-state index contributed by atoms with van der Waals surface area (Å²) in [6.07, 6.45) is -18.4. The van der Waals surface area contributed by atoms with Crippen molar-refractivity contribution in [3.8, 4) is 0 Å². The zero-order valence-electron chi connectivity index (χ0n) is 7.64. The molecule has 1 aliphatic rings. The van der Waals surface area contributed by atoms with Crippen molar-refractivity contribution < 1.29 is 53.0 Å². The second kappa shape index (κ2) is 3.39. The molecule has 1 saturated heterocycles. The van der Waals surface area contributed by atoms with Gasteiger partial charge in [-0.15, -0.1) is 0 Å². The van der Waals surface area contributed by atoms with Crippen LogP contribution < -0.4 is 0 Å². The molecule has 1 fully saturated rings. The molecule has 1 rings (SSSR count). The first-order valence-electron chi connectivity index (χ1n) is 3.84. The summed E-state index contributed by atoms with van der Waals surface area (Å²) in [5, 5.41) is 0. The largest absolute Gasteiger partial charge is 0.437 e. The highest BCUT2D eigenvalue weighted by Crippen LogP contribution is 2.63. The molecule has 0 spiro atoms. The van der Waals surface area contributed by atoms with Crippen LogP contribution in [-0.2, 0) is 4.74 Å². The second-order valence-electron chi connectivity index (χ2n) is 3.30. The van der Waals surface area contributed by atoms with Gasteiger partial charge in [0.05, 0.1) is 0 Å². The van der Waals surface area contributed by atoms with Crippen molar-refractivity contribution in [3.05, 3.63) is 0 Å². The minimum Gasteiger partial charge on any atom is -0.276 e. The fourth-order valence-corrected chi connectivity index (χ4v) is 1.18. The van der Waals surface area contributed by atoms with Crippen molar-refractivity contribution in [2.75, 3.05) is 0 Å². The van der Waals surface area contributed by atoms with Gasteiger partial charge in [-0.3, -0.25) is 4.74 Å². The minimum absolute atomic E-state index is 2.14. The lowest BCUT2D eigenvalue weighted by Crippen LogP contribution is -2.78. The summed E-state index contributed by atoms with van der Waals surface area (Å²) in [7, 11) is 0. The number of rotatable bonds is 0. The number of hydrogen-bond donors (Lipinski definition) is 0. The van der Waals surface area contributed by atoms with E-state index in [4.69, 9.17) is 0 Å². The molecule has 18 heavy (non-hydrogen) atoms. The van der Waals surface area contributed by atoms with Crippen LogP contribution in [0.1, 0.15) is 0 Å². The molecule has 0 radical (unpaired) electrons. The van der Waals surface area contributed by atoms with E-state index in [2.05, 4.69) is 4.74 Å². The summed E-state index contributed by atoms with van der Waals surface area (Å²) >= 11 is 0. The van der Waals surface area contributed by atoms with Crippen LogP contribution in [0.5, 0.6) is 0 Å². The number of alkyl halides is 11. The SMILES string of the molecule is FC1OC(F)(F)C(F)(C(F)(F)F)C(F)(F)C1(F)F. The lowest BCUT2D eigenvalue weighted by atomic mass is 9.87. The Hall–Kier alpha value is -0.810. The van der Waals surface area contributed by atoms with Gasteiger partial charge in [0.25, 0.3) is 6.36 Å². The summed E-state index contributed by atoms with van der Waals surface area (Å²) in [5.41, 5.74) is -7.06. The molecular formula is C6HF11O. The van der Waals surface area contributed by atoms with Crippen molar-refractivity contribution in [3.63, 3.8) is 0 Å². The fourth-order valence-electron chi connectivity index (χ4n) is 1.18. The standard InChI is InChI=1S/C6HF11O/c7-1-2(8,9)4(11,12)3(10,5(13,14)15)6(16,17)18-1/h1H. The quantitative estimate of drug-likeness (QED) is 0.622. The van der Waals surface area contributed by atoms with E-state index >= 15 is 0 Å². The van der Waals surface area contributed by atoms with Crippen molar-refractivity contribution in [1.29, 1.82) is 0 Å². The molecule has 2 atom stereocenters. The van der Waals surface area contributed by atoms with E-state index in [0.717, 1.165) is 0 Å². The van der Waals surface area contributed by atoms with Gasteiger partial charge in [-0.2, -0.15) is 39.5 Å². The average molecular weight is 298 g/mol. The van der Waals surface area contributed by atoms with E-state index in [1.165, 1.54) is 0 Å². The first-order valence-corrected chi connectivity index (χ1v) is 3.84. The number of ether oxygens (including phenoxy) is 1. The van der Waals surface area contributed by atoms with Crippen LogP contribution in [0.3, 0.4) is 0 Å². The van der Waals surface area contributed by atoms with E-state index in [1.54, 1.807) is 0 Å². The Kier molecular flexibility index (Phi) is 2.87. The summed E-state index contributed by atoms with van der Waals surface area (Å²) < 4.78 is 138. The third-order valence-electron chi connectivity index (χ3n) is 2.18. The van der Waals surface area contributed by atoms with Crippen molar-refractivity contribution in [1.82, 2.24) is 0 Å². The molecule has 0 aromatic heterocycles. The summed E-state index contributed by atoms with van der Waals surface area (Å²) in [6, 6.07) is 0. The first-order chi connectivity index (χ1) is 7.63. The van der Waals surface area contributed by atoms with E-state index in [-0.39, 0.29) is 0 Å². The van der Waals surface area contributed by atoms with E-state index in [0.29, 0.717) is 0 Å². The molecule has 0 N–H and O–H groups in total. The van der Waals surface area contributed by atoms with Crippen LogP contribution in [0.15, 0.2) is 0 Å². The van der Waals surface area contributed by atoms with E-state index in [1.807, 2.05) is 0 Å². The van der Waals surface area contributed by atoms with Crippen LogP contribution in [0.25, 0.3) is 0 Å². The number of halogens is 11. The molecule has 1 nitrogen and oxygen atoms in total. The Bertz CT molecular complexity index is 346. The molecule has 0 amide bonds. The van der Waals surface area contributed by atoms with Crippen LogP contribution in [-0.4, -0.2) is 36.2 Å². The molecule has 0 aromatic rings. The Balaban J connectivity index is 3.55. The maximum atomic E-state index is 12.9. The fraction of sp³-hybridized carbons (Fsp3) is 1.00. The van der Waals surface area contributed by atoms with E-state index < -0.39 is 36.2 Å². The molecule has 0 bridgehead atoms. The second-order valence-corrected chi connectivity index (χ2v) is 3.30. The molecular weight excluding hydrogens is 297 g/mol. The molecule has 12 heteroatoms. The maximum absolute atomic E-state index is 12.9. The highest BCUT2D eigenvalue weighted by Gasteiger charge is 2.94. The summed E-state index contributed by atoms with van der Waals surface area (Å²) in [5.74, 6) is -13.5. The van der Waals surface area contributed by atoms with Crippen molar-refractivity contribution >= 4 is 0 Å². The van der Waals surface area contributed by atoms with E-state index in [9.17, 15) is 48.3 Å². The molecule has 1 aliphatic heterocycles. The van der Waals surface area contributed by atoms with Gasteiger partial charge >= 0.3 is 29.8 Å². The van der Waals surface area contributed by atoms with Crippen LogP contribution in [0, 0.1) is 0 Å². The van der Waals surface area contributed by atoms with Crippen LogP contribution in [0.4, 0.5) is 48.3 Å². The third-order valence-corrected chi connectivity index (χ3v) is 2.18. The maximum Gasteiger partial charge on any atom is 0.437 e. The summed E-state index contributed by atoms with van der Waals surface area (Å²) in [4.78, 5) is 0. The molecule has 1 heterocycles. The van der Waals surface area contributed by atoms with Crippen LogP contribution in [0.2, 0.25) is 0 Å². The predicted octanol–water partition coefficient (Wildman–Crippen LogP) is 3.45. The molecule has 0 aliphatic carbocycles. The predicted molar refractivity (Wildman–Crippen MR) is 30.7 cm³/mol. The highest BCUT2D eigenvalue weighted by molar-refractivity contribution is 5.15. The lowest BCUT2D eigenvalue weighted by Gasteiger charge is -2.46. The molecule has 2 unspecified atom stereocenters. The van der Waals surface area contributed by atoms with Gasteiger partial charge in [0, 0.05) is 0 Å². The van der Waals surface area contributed by atoms with Gasteiger partial charge in [0.15, 0.2) is 0 Å². The van der Waals surface area contributed by atoms with Gasteiger partial charge < -0.3 is 0 Å². The number of hydrogen-bond acceptors (Lipinski definition) is 1. The Morgan fingerprint density at radius 3 is 1.56 bits per heavy atom. The monoisotopic (exact) mass is 298 g/mol. The average Bonchev–Trinajstić information content (AvgIpc) is 2.11. The smallest absolute Gasteiger partial charge is 0.276 e. The van der Waals surface area contributed by atoms with Crippen molar-refractivity contribution in [2.45, 2.75) is 36.2 Å². The Morgan fingerprint density at radius 2 is 1.22 bits per heavy atom. The summed E-state index contributed by atoms with van der Waals surface area (Å²) in [6.45, 7) is 0. The molecule has 108 valence electrons. The lowest BCUT2D eigenvalue weighted by molar-refractivity contribution is -0.517. The van der Waals surface area contributed by atoms with Crippen molar-refractivity contribution in [2.24, 2.45) is 0 Å². The molecule has 0 saturated carbocycles. The topological polar surface area (TPSA) is 9.23 Å². The minimum atomic E-state index is -7.12.